The second kappa shape index (κ2) is 4.50. The molecular weight excluding hydrogens is 247 g/mol. The van der Waals surface area contributed by atoms with Gasteiger partial charge >= 0.3 is 5.97 Å². The van der Waals surface area contributed by atoms with Crippen molar-refractivity contribution < 1.29 is 14.3 Å². The van der Waals surface area contributed by atoms with Crippen molar-refractivity contribution in [3.63, 3.8) is 0 Å². The van der Waals surface area contributed by atoms with Crippen molar-refractivity contribution >= 4 is 5.97 Å². The molecule has 98 valence electrons. The molecule has 0 saturated heterocycles. The average Bonchev–Trinajstić information content (AvgIpc) is 3.12. The molecule has 5 heteroatoms. The first-order chi connectivity index (χ1) is 9.13. The summed E-state index contributed by atoms with van der Waals surface area (Å²) < 4.78 is 14.7. The average molecular weight is 260 g/mol. The van der Waals surface area contributed by atoms with E-state index in [9.17, 15) is 9.18 Å². The Labute approximate surface area is 109 Å². The van der Waals surface area contributed by atoms with E-state index in [1.54, 1.807) is 16.8 Å². The molecule has 2 aromatic rings. The van der Waals surface area contributed by atoms with Gasteiger partial charge in [0.1, 0.15) is 5.82 Å². The molecule has 1 heterocycles. The minimum Gasteiger partial charge on any atom is -0.481 e. The van der Waals surface area contributed by atoms with E-state index >= 15 is 0 Å². The first-order valence-corrected chi connectivity index (χ1v) is 6.20. The molecule has 1 fully saturated rings. The van der Waals surface area contributed by atoms with Gasteiger partial charge in [0.05, 0.1) is 17.8 Å². The maximum atomic E-state index is 12.9. The van der Waals surface area contributed by atoms with E-state index in [1.807, 2.05) is 6.07 Å². The molecule has 0 amide bonds. The SMILES string of the molecule is O=C(O)Cc1cc(C2CC2)n(-c2ccc(F)cc2)n1. The molecule has 1 N–H and O–H groups in total. The number of nitrogens with zero attached hydrogens (tertiary/aromatic N) is 2. The molecule has 1 saturated carbocycles. The molecule has 0 bridgehead atoms. The molecule has 0 spiro atoms. The van der Waals surface area contributed by atoms with Gasteiger partial charge in [-0.25, -0.2) is 9.07 Å². The minimum atomic E-state index is -0.897. The lowest BCUT2D eigenvalue weighted by atomic mass is 10.2. The molecular formula is C14H13FN2O2. The second-order valence-corrected chi connectivity index (χ2v) is 4.79. The normalized spacial score (nSPS) is 14.6. The fourth-order valence-electron chi connectivity index (χ4n) is 2.15. The number of hydrogen-bond acceptors (Lipinski definition) is 2. The summed E-state index contributed by atoms with van der Waals surface area (Å²) in [4.78, 5) is 10.8. The number of aliphatic carboxylic acids is 1. The maximum Gasteiger partial charge on any atom is 0.309 e. The zero-order valence-electron chi connectivity index (χ0n) is 10.2. The number of aromatic nitrogens is 2. The van der Waals surface area contributed by atoms with Crippen molar-refractivity contribution in [1.29, 1.82) is 0 Å². The number of halogens is 1. The first kappa shape index (κ1) is 11.9. The van der Waals surface area contributed by atoms with E-state index in [0.29, 0.717) is 11.6 Å². The van der Waals surface area contributed by atoms with Crippen LogP contribution in [-0.4, -0.2) is 20.9 Å². The highest BCUT2D eigenvalue weighted by atomic mass is 19.1. The second-order valence-electron chi connectivity index (χ2n) is 4.79. The highest BCUT2D eigenvalue weighted by molar-refractivity contribution is 5.69. The van der Waals surface area contributed by atoms with Gasteiger partial charge < -0.3 is 5.11 Å². The Kier molecular flexibility index (Phi) is 2.81. The van der Waals surface area contributed by atoms with Crippen LogP contribution < -0.4 is 0 Å². The number of rotatable bonds is 4. The van der Waals surface area contributed by atoms with Crippen LogP contribution in [0.2, 0.25) is 0 Å². The molecule has 0 aliphatic heterocycles. The summed E-state index contributed by atoms with van der Waals surface area (Å²) in [5.41, 5.74) is 2.32. The van der Waals surface area contributed by atoms with Crippen molar-refractivity contribution in [2.75, 3.05) is 0 Å². The van der Waals surface area contributed by atoms with Crippen LogP contribution in [0.25, 0.3) is 5.69 Å². The van der Waals surface area contributed by atoms with Gasteiger partial charge in [0, 0.05) is 11.6 Å². The van der Waals surface area contributed by atoms with Crippen LogP contribution in [-0.2, 0) is 11.2 Å². The Morgan fingerprint density at radius 1 is 1.37 bits per heavy atom. The summed E-state index contributed by atoms with van der Waals surface area (Å²) in [5, 5.41) is 13.2. The molecule has 1 aromatic heterocycles. The highest BCUT2D eigenvalue weighted by Crippen LogP contribution is 2.41. The zero-order valence-corrected chi connectivity index (χ0v) is 10.2. The predicted molar refractivity (Wildman–Crippen MR) is 66.8 cm³/mol. The Balaban J connectivity index is 2.00. The lowest BCUT2D eigenvalue weighted by Gasteiger charge is -2.06. The van der Waals surface area contributed by atoms with Gasteiger partial charge in [-0.2, -0.15) is 5.10 Å². The van der Waals surface area contributed by atoms with E-state index in [1.165, 1.54) is 12.1 Å². The van der Waals surface area contributed by atoms with E-state index < -0.39 is 5.97 Å². The monoisotopic (exact) mass is 260 g/mol. The van der Waals surface area contributed by atoms with Crippen molar-refractivity contribution in [3.8, 4) is 5.69 Å². The van der Waals surface area contributed by atoms with E-state index in [2.05, 4.69) is 5.10 Å². The minimum absolute atomic E-state index is 0.0894. The topological polar surface area (TPSA) is 55.1 Å². The van der Waals surface area contributed by atoms with Crippen molar-refractivity contribution in [2.45, 2.75) is 25.2 Å². The first-order valence-electron chi connectivity index (χ1n) is 6.20. The van der Waals surface area contributed by atoms with Crippen LogP contribution >= 0.6 is 0 Å². The number of hydrogen-bond donors (Lipinski definition) is 1. The van der Waals surface area contributed by atoms with E-state index in [4.69, 9.17) is 5.11 Å². The van der Waals surface area contributed by atoms with Gasteiger partial charge in [-0.1, -0.05) is 0 Å². The van der Waals surface area contributed by atoms with Gasteiger partial charge in [-0.05, 0) is 43.2 Å². The van der Waals surface area contributed by atoms with Crippen LogP contribution in [0, 0.1) is 5.82 Å². The maximum absolute atomic E-state index is 12.9. The highest BCUT2D eigenvalue weighted by Gasteiger charge is 2.28. The third-order valence-corrected chi connectivity index (χ3v) is 3.19. The summed E-state index contributed by atoms with van der Waals surface area (Å²) in [6, 6.07) is 7.90. The summed E-state index contributed by atoms with van der Waals surface area (Å²) in [6.07, 6.45) is 2.10. The van der Waals surface area contributed by atoms with Gasteiger partial charge in [-0.15, -0.1) is 0 Å². The van der Waals surface area contributed by atoms with Crippen LogP contribution in [0.4, 0.5) is 4.39 Å². The van der Waals surface area contributed by atoms with Crippen LogP contribution in [0.5, 0.6) is 0 Å². The third kappa shape index (κ3) is 2.50. The van der Waals surface area contributed by atoms with Crippen molar-refractivity contribution in [1.82, 2.24) is 9.78 Å². The largest absolute Gasteiger partial charge is 0.481 e. The van der Waals surface area contributed by atoms with E-state index in [0.717, 1.165) is 24.2 Å². The lowest BCUT2D eigenvalue weighted by Crippen LogP contribution is -2.03. The Morgan fingerprint density at radius 2 is 2.05 bits per heavy atom. The van der Waals surface area contributed by atoms with Crippen LogP contribution in [0.1, 0.15) is 30.1 Å². The summed E-state index contributed by atoms with van der Waals surface area (Å²) >= 11 is 0. The van der Waals surface area contributed by atoms with E-state index in [-0.39, 0.29) is 12.2 Å². The standard InChI is InChI=1S/C14H13FN2O2/c15-10-3-5-12(6-4-10)17-13(9-1-2-9)7-11(16-17)8-14(18)19/h3-7,9H,1-2,8H2,(H,18,19). The molecule has 1 aliphatic carbocycles. The quantitative estimate of drug-likeness (QED) is 0.919. The zero-order chi connectivity index (χ0) is 13.4. The number of benzene rings is 1. The smallest absolute Gasteiger partial charge is 0.309 e. The predicted octanol–water partition coefficient (Wildman–Crippen LogP) is 2.52. The molecule has 4 nitrogen and oxygen atoms in total. The van der Waals surface area contributed by atoms with Gasteiger partial charge in [-0.3, -0.25) is 4.79 Å². The number of carboxylic acid groups (broad SMARTS) is 1. The third-order valence-electron chi connectivity index (χ3n) is 3.19. The summed E-state index contributed by atoms with van der Waals surface area (Å²) in [6.45, 7) is 0. The molecule has 3 rings (SSSR count). The fourth-order valence-corrected chi connectivity index (χ4v) is 2.15. The lowest BCUT2D eigenvalue weighted by molar-refractivity contribution is -0.136. The molecule has 1 aliphatic rings. The van der Waals surface area contributed by atoms with Gasteiger partial charge in [0.25, 0.3) is 0 Å². The van der Waals surface area contributed by atoms with Gasteiger partial charge in [0.15, 0.2) is 0 Å². The molecule has 1 aromatic carbocycles. The Morgan fingerprint density at radius 3 is 2.63 bits per heavy atom. The van der Waals surface area contributed by atoms with Crippen LogP contribution in [0.15, 0.2) is 30.3 Å². The van der Waals surface area contributed by atoms with Crippen molar-refractivity contribution in [3.05, 3.63) is 47.5 Å². The number of carbonyl (C=O) groups is 1. The van der Waals surface area contributed by atoms with Crippen LogP contribution in [0.3, 0.4) is 0 Å². The summed E-state index contributed by atoms with van der Waals surface area (Å²) in [7, 11) is 0. The summed E-state index contributed by atoms with van der Waals surface area (Å²) in [5.74, 6) is -0.749. The molecule has 0 radical (unpaired) electrons. The van der Waals surface area contributed by atoms with Gasteiger partial charge in [0.2, 0.25) is 0 Å². The molecule has 0 atom stereocenters. The Bertz CT molecular complexity index is 615. The Hall–Kier alpha value is -2.17. The number of carboxylic acids is 1. The molecule has 19 heavy (non-hydrogen) atoms. The fraction of sp³-hybridized carbons (Fsp3) is 0.286. The van der Waals surface area contributed by atoms with Crippen molar-refractivity contribution in [2.24, 2.45) is 0 Å². The molecule has 0 unspecified atom stereocenters.